The van der Waals surface area contributed by atoms with Crippen molar-refractivity contribution in [2.45, 2.75) is 23.3 Å². The third-order valence-corrected chi connectivity index (χ3v) is 7.53. The van der Waals surface area contributed by atoms with E-state index in [1.807, 2.05) is 0 Å². The van der Waals surface area contributed by atoms with Gasteiger partial charge in [-0.05, 0) is 0 Å². The van der Waals surface area contributed by atoms with E-state index in [1.165, 1.54) is 0 Å². The third kappa shape index (κ3) is 6.36. The number of H-pyrrole nitrogens is 1. The fourth-order valence-corrected chi connectivity index (χ4v) is 5.54. The second-order valence-electron chi connectivity index (χ2n) is 5.72. The molecule has 0 radical (unpaired) electrons. The lowest BCUT2D eigenvalue weighted by atomic mass is 10.1. The first-order valence-electron chi connectivity index (χ1n) is 7.30. The number of hydrogen-bond acceptors (Lipinski definition) is 10. The predicted octanol–water partition coefficient (Wildman–Crippen LogP) is -0.660. The molecule has 178 valence electrons. The maximum atomic E-state index is 14.9. The Bertz CT molecular complexity index is 1100. The molecule has 31 heavy (non-hydrogen) atoms. The minimum Gasteiger partial charge on any atom is -0.382 e. The third-order valence-electron chi connectivity index (χ3n) is 3.35. The number of nitrogens with zero attached hydrogens (tertiary/aromatic N) is 1. The van der Waals surface area contributed by atoms with Crippen LogP contribution in [0.1, 0.15) is 6.23 Å². The molecule has 0 aromatic carbocycles. The maximum Gasteiger partial charge on any atom is 0.490 e. The van der Waals surface area contributed by atoms with Crippen molar-refractivity contribution in [1.29, 1.82) is 0 Å². The quantitative estimate of drug-likeness (QED) is 0.178. The maximum absolute atomic E-state index is 14.9. The van der Waals surface area contributed by atoms with E-state index in [9.17, 15) is 42.1 Å². The second-order valence-corrected chi connectivity index (χ2v) is 10.7. The topological polar surface area (TPSA) is 244 Å². The largest absolute Gasteiger partial charge is 0.490 e. The van der Waals surface area contributed by atoms with Crippen molar-refractivity contribution in [1.82, 2.24) is 9.55 Å². The van der Waals surface area contributed by atoms with Gasteiger partial charge in [0.2, 0.25) is 0 Å². The van der Waals surface area contributed by atoms with Crippen molar-refractivity contribution < 1.29 is 65.0 Å². The zero-order valence-electron chi connectivity index (χ0n) is 14.3. The zero-order valence-corrected chi connectivity index (χ0v) is 17.8. The monoisotopic (exact) mass is 538 g/mol. The van der Waals surface area contributed by atoms with Gasteiger partial charge in [0.05, 0.1) is 0 Å². The summed E-state index contributed by atoms with van der Waals surface area (Å²) in [6.07, 6.45) is -4.84. The molecule has 0 spiro atoms. The molecular formula is C9H12ClF2N2O14P3. The Morgan fingerprint density at radius 2 is 1.74 bits per heavy atom. The molecule has 2 heterocycles. The molecule has 6 atom stereocenters. The number of phosphoric ester groups is 1. The highest BCUT2D eigenvalue weighted by Gasteiger charge is 2.67. The number of aromatic amines is 1. The highest BCUT2D eigenvalue weighted by molar-refractivity contribution is 7.66. The average Bonchev–Trinajstić information content (AvgIpc) is 2.71. The van der Waals surface area contributed by atoms with Gasteiger partial charge in [-0.1, -0.05) is 11.6 Å². The minimum atomic E-state index is -5.94. The molecule has 1 aromatic heterocycles. The molecule has 6 N–H and O–H groups in total. The molecule has 16 nitrogen and oxygen atoms in total. The van der Waals surface area contributed by atoms with Crippen molar-refractivity contribution >= 4 is 35.1 Å². The number of alkyl halides is 3. The number of aliphatic hydroxyl groups is 1. The van der Waals surface area contributed by atoms with Crippen LogP contribution in [0.5, 0.6) is 0 Å². The number of rotatable bonds is 8. The van der Waals surface area contributed by atoms with Gasteiger partial charge in [0.15, 0.2) is 12.3 Å². The standard InChI is InChI=1S/C9H12ClF2N2O14P3/c10-9(12)5(16)8(11,26-6(9)14-2-1-4(15)13-7(14)17)3-25-30(21,22)28-31(23,24)27-29(18,19)20/h1-2,5-6,16H,3H2,(H,21,22)(H,23,24)(H,13,15,17)(H2,18,19,20)/t5-,6-,8-,9-/m1/s1. The predicted molar refractivity (Wildman–Crippen MR) is 90.8 cm³/mol. The number of nitrogens with one attached hydrogen (secondary N) is 1. The fourth-order valence-electron chi connectivity index (χ4n) is 2.19. The molecule has 1 saturated heterocycles. The summed E-state index contributed by atoms with van der Waals surface area (Å²) in [7, 11) is -17.5. The highest BCUT2D eigenvalue weighted by atomic mass is 35.5. The van der Waals surface area contributed by atoms with Gasteiger partial charge < -0.3 is 29.4 Å². The smallest absolute Gasteiger partial charge is 0.382 e. The highest BCUT2D eigenvalue weighted by Crippen LogP contribution is 2.66. The molecule has 0 amide bonds. The van der Waals surface area contributed by atoms with E-state index in [2.05, 4.69) is 17.9 Å². The van der Waals surface area contributed by atoms with Crippen LogP contribution in [0.2, 0.25) is 0 Å². The molecule has 1 fully saturated rings. The van der Waals surface area contributed by atoms with Crippen LogP contribution in [0.4, 0.5) is 8.78 Å². The van der Waals surface area contributed by atoms with Crippen LogP contribution in [-0.2, 0) is 31.6 Å². The molecule has 22 heteroatoms. The van der Waals surface area contributed by atoms with E-state index in [0.717, 1.165) is 0 Å². The van der Waals surface area contributed by atoms with E-state index in [-0.39, 0.29) is 4.57 Å². The number of ether oxygens (including phenoxy) is 1. The SMILES string of the molecule is O=c1ccn([C@@H]2O[C@](F)(COP(=O)(O)OP(=O)(O)OP(=O)(O)O)[C@@H](O)[C@]2(F)Cl)c(=O)[nH]1. The average molecular weight is 539 g/mol. The van der Waals surface area contributed by atoms with Crippen molar-refractivity contribution in [2.24, 2.45) is 0 Å². The first-order chi connectivity index (χ1) is 13.8. The van der Waals surface area contributed by atoms with Crippen LogP contribution in [0.3, 0.4) is 0 Å². The molecule has 0 saturated carbocycles. The first-order valence-corrected chi connectivity index (χ1v) is 12.2. The normalized spacial score (nSPS) is 33.0. The Labute approximate surface area is 173 Å². The number of aromatic nitrogens is 2. The summed E-state index contributed by atoms with van der Waals surface area (Å²) in [6, 6.07) is 0.689. The number of halogens is 3. The summed E-state index contributed by atoms with van der Waals surface area (Å²) in [6.45, 7) is -1.93. The summed E-state index contributed by atoms with van der Waals surface area (Å²) in [5, 5.41) is 6.20. The lowest BCUT2D eigenvalue weighted by molar-refractivity contribution is -0.204. The van der Waals surface area contributed by atoms with Gasteiger partial charge in [-0.2, -0.15) is 8.62 Å². The van der Waals surface area contributed by atoms with Crippen molar-refractivity contribution in [3.8, 4) is 0 Å². The molecule has 1 aromatic rings. The molecule has 2 unspecified atom stereocenters. The van der Waals surface area contributed by atoms with E-state index >= 15 is 0 Å². The van der Waals surface area contributed by atoms with Gasteiger partial charge in [-0.3, -0.25) is 18.9 Å². The van der Waals surface area contributed by atoms with Gasteiger partial charge >= 0.3 is 29.2 Å². The summed E-state index contributed by atoms with van der Waals surface area (Å²) in [5.41, 5.74) is -2.28. The van der Waals surface area contributed by atoms with Gasteiger partial charge in [-0.25, -0.2) is 27.3 Å². The van der Waals surface area contributed by atoms with Gasteiger partial charge in [0, 0.05) is 12.3 Å². The van der Waals surface area contributed by atoms with Crippen LogP contribution < -0.4 is 11.2 Å². The van der Waals surface area contributed by atoms with E-state index in [1.54, 1.807) is 4.98 Å². The Balaban J connectivity index is 2.22. The van der Waals surface area contributed by atoms with Crippen molar-refractivity contribution in [2.75, 3.05) is 6.61 Å². The summed E-state index contributed by atoms with van der Waals surface area (Å²) < 4.78 is 78.4. The summed E-state index contributed by atoms with van der Waals surface area (Å²) in [5.74, 6) is -3.79. The van der Waals surface area contributed by atoms with Gasteiger partial charge in [-0.15, -0.1) is 0 Å². The lowest BCUT2D eigenvalue weighted by Crippen LogP contribution is -2.46. The first kappa shape index (κ1) is 26.4. The summed E-state index contributed by atoms with van der Waals surface area (Å²) in [4.78, 5) is 59.6. The second kappa shape index (κ2) is 8.50. The van der Waals surface area contributed by atoms with Crippen LogP contribution in [0.25, 0.3) is 0 Å². The summed E-state index contributed by atoms with van der Waals surface area (Å²) >= 11 is 5.40. The Kier molecular flexibility index (Phi) is 7.24. The Morgan fingerprint density at radius 3 is 2.26 bits per heavy atom. The van der Waals surface area contributed by atoms with Gasteiger partial charge in [0.1, 0.15) is 6.61 Å². The molecule has 2 rings (SSSR count). The molecule has 0 aliphatic carbocycles. The van der Waals surface area contributed by atoms with Crippen LogP contribution in [0, 0.1) is 0 Å². The molecule has 1 aliphatic rings. The van der Waals surface area contributed by atoms with Crippen LogP contribution in [-0.4, -0.2) is 57.9 Å². The fraction of sp³-hybridized carbons (Fsp3) is 0.556. The molecule has 1 aliphatic heterocycles. The van der Waals surface area contributed by atoms with E-state index in [4.69, 9.17) is 26.3 Å². The Morgan fingerprint density at radius 1 is 1.16 bits per heavy atom. The number of hydrogen-bond donors (Lipinski definition) is 6. The minimum absolute atomic E-state index is 0.226. The van der Waals surface area contributed by atoms with Gasteiger partial charge in [0.25, 0.3) is 16.5 Å². The van der Waals surface area contributed by atoms with Crippen LogP contribution >= 0.6 is 35.1 Å². The lowest BCUT2D eigenvalue weighted by Gasteiger charge is -2.24. The number of phosphoric acid groups is 3. The van der Waals surface area contributed by atoms with E-state index < -0.39 is 64.6 Å². The Hall–Kier alpha value is -0.840. The number of aliphatic hydroxyl groups excluding tert-OH is 1. The van der Waals surface area contributed by atoms with Crippen LogP contribution in [0.15, 0.2) is 21.9 Å². The molecular weight excluding hydrogens is 526 g/mol. The van der Waals surface area contributed by atoms with Crippen molar-refractivity contribution in [3.05, 3.63) is 33.1 Å². The van der Waals surface area contributed by atoms with E-state index in [0.29, 0.717) is 12.3 Å². The van der Waals surface area contributed by atoms with Crippen molar-refractivity contribution in [3.63, 3.8) is 0 Å². The molecule has 0 bridgehead atoms. The zero-order chi connectivity index (χ0) is 24.0.